The zero-order valence-electron chi connectivity index (χ0n) is 38.5. The summed E-state index contributed by atoms with van der Waals surface area (Å²) in [5, 5.41) is 11.1. The minimum absolute atomic E-state index is 0.0123. The van der Waals surface area contributed by atoms with Crippen molar-refractivity contribution in [3.8, 4) is 11.1 Å². The molecule has 1 fully saturated rings. The van der Waals surface area contributed by atoms with Crippen LogP contribution in [0.15, 0.2) is 150 Å². The number of rotatable bonds is 23. The molecule has 0 radical (unpaired) electrons. The predicted octanol–water partition coefficient (Wildman–Crippen LogP) is 5.27. The molecule has 8 rings (SSSR count). The highest BCUT2D eigenvalue weighted by atomic mass is 16.5. The van der Waals surface area contributed by atoms with Crippen molar-refractivity contribution in [3.63, 3.8) is 0 Å². The highest BCUT2D eigenvalue weighted by molar-refractivity contribution is 6.23. The molecule has 18 nitrogen and oxygen atoms in total. The van der Waals surface area contributed by atoms with Gasteiger partial charge in [-0.05, 0) is 71.6 Å². The van der Waals surface area contributed by atoms with Gasteiger partial charge in [-0.2, -0.15) is 0 Å². The fourth-order valence-corrected chi connectivity index (χ4v) is 8.21. The molecular formula is C53H51N7O11. The number of anilines is 2. The number of benzene rings is 4. The van der Waals surface area contributed by atoms with Crippen LogP contribution in [-0.4, -0.2) is 110 Å². The Hall–Kier alpha value is -8.32. The van der Waals surface area contributed by atoms with E-state index in [0.717, 1.165) is 16.0 Å². The number of hydrogen-bond donors (Lipinski definition) is 4. The first-order valence-corrected chi connectivity index (χ1v) is 23.1. The van der Waals surface area contributed by atoms with Crippen LogP contribution in [0.3, 0.4) is 0 Å². The highest BCUT2D eigenvalue weighted by Crippen LogP contribution is 2.33. The fourth-order valence-electron chi connectivity index (χ4n) is 8.21. The first-order valence-electron chi connectivity index (χ1n) is 23.1. The van der Waals surface area contributed by atoms with Gasteiger partial charge in [0, 0.05) is 48.8 Å². The zero-order chi connectivity index (χ0) is 49.5. The summed E-state index contributed by atoms with van der Waals surface area (Å²) in [6.45, 7) is 2.14. The number of amides is 7. The number of piperidine rings is 1. The van der Waals surface area contributed by atoms with Crippen molar-refractivity contribution in [3.05, 3.63) is 174 Å². The minimum atomic E-state index is -1.28. The van der Waals surface area contributed by atoms with Crippen molar-refractivity contribution in [1.82, 2.24) is 25.8 Å². The summed E-state index contributed by atoms with van der Waals surface area (Å²) in [6, 6.07) is 33.6. The minimum Gasteiger partial charge on any atom is -0.459 e. The molecule has 3 atom stereocenters. The average Bonchev–Trinajstić information content (AvgIpc) is 4.03. The Kier molecular flexibility index (Phi) is 16.5. The van der Waals surface area contributed by atoms with Gasteiger partial charge in [-0.3, -0.25) is 53.7 Å². The molecule has 0 saturated carbocycles. The lowest BCUT2D eigenvalue weighted by atomic mass is 10.0. The van der Waals surface area contributed by atoms with Gasteiger partial charge < -0.3 is 34.6 Å². The molecule has 2 aliphatic heterocycles. The number of nitrogens with one attached hydrogen (secondary N) is 4. The van der Waals surface area contributed by atoms with Crippen LogP contribution in [0.5, 0.6) is 0 Å². The summed E-state index contributed by atoms with van der Waals surface area (Å²) in [6.07, 6.45) is 4.58. The molecule has 2 aliphatic rings. The lowest BCUT2D eigenvalue weighted by Gasteiger charge is -2.32. The van der Waals surface area contributed by atoms with Crippen LogP contribution < -0.4 is 26.2 Å². The van der Waals surface area contributed by atoms with Gasteiger partial charge >= 0.3 is 0 Å². The largest absolute Gasteiger partial charge is 0.459 e. The van der Waals surface area contributed by atoms with E-state index < -0.39 is 59.5 Å². The normalized spacial score (nSPS) is 15.1. The number of carbonyl (C=O) groups excluding carboxylic acids is 7. The van der Waals surface area contributed by atoms with Crippen molar-refractivity contribution in [1.29, 1.82) is 0 Å². The molecule has 4 aromatic carbocycles. The van der Waals surface area contributed by atoms with Crippen LogP contribution >= 0.6 is 0 Å². The third kappa shape index (κ3) is 12.1. The molecule has 4 N–H and O–H groups in total. The second kappa shape index (κ2) is 23.8. The van der Waals surface area contributed by atoms with Gasteiger partial charge in [0.05, 0.1) is 57.0 Å². The summed E-state index contributed by atoms with van der Waals surface area (Å²) in [4.78, 5) is 99.5. The monoisotopic (exact) mass is 961 g/mol. The van der Waals surface area contributed by atoms with Crippen molar-refractivity contribution < 1.29 is 52.2 Å². The first kappa shape index (κ1) is 49.1. The maximum Gasteiger partial charge on any atom is 0.294 e. The highest BCUT2D eigenvalue weighted by Gasteiger charge is 2.45. The number of carbonyl (C=O) groups is 7. The zero-order valence-corrected chi connectivity index (χ0v) is 38.5. The molecule has 7 amide bonds. The maximum absolute atomic E-state index is 14.7. The molecule has 0 spiro atoms. The van der Waals surface area contributed by atoms with E-state index in [-0.39, 0.29) is 56.1 Å². The molecule has 2 aromatic heterocycles. The van der Waals surface area contributed by atoms with Gasteiger partial charge in [0.15, 0.2) is 5.76 Å². The van der Waals surface area contributed by atoms with Gasteiger partial charge in [-0.1, -0.05) is 78.9 Å². The summed E-state index contributed by atoms with van der Waals surface area (Å²) in [5.74, 6) is -3.94. The summed E-state index contributed by atoms with van der Waals surface area (Å²) in [5.41, 5.74) is 4.20. The van der Waals surface area contributed by atoms with Gasteiger partial charge in [-0.25, -0.2) is 0 Å². The predicted molar refractivity (Wildman–Crippen MR) is 259 cm³/mol. The third-order valence-corrected chi connectivity index (χ3v) is 11.7. The Morgan fingerprint density at radius 2 is 1.37 bits per heavy atom. The maximum atomic E-state index is 14.7. The smallest absolute Gasteiger partial charge is 0.294 e. The molecule has 18 heteroatoms. The number of pyridine rings is 1. The number of nitrogens with zero attached hydrogens (tertiary/aromatic N) is 3. The van der Waals surface area contributed by atoms with E-state index in [4.69, 9.17) is 18.6 Å². The van der Waals surface area contributed by atoms with Crippen molar-refractivity contribution in [2.45, 2.75) is 31.0 Å². The Balaban J connectivity index is 0.792. The molecule has 6 aromatic rings. The Bertz CT molecular complexity index is 2810. The average molecular weight is 962 g/mol. The first-order chi connectivity index (χ1) is 34.7. The fraction of sp³-hybridized carbons (Fsp3) is 0.245. The van der Waals surface area contributed by atoms with E-state index in [1.165, 1.54) is 29.5 Å². The number of fused-ring (bicyclic) bond motifs is 1. The molecule has 364 valence electrons. The molecule has 71 heavy (non-hydrogen) atoms. The van der Waals surface area contributed by atoms with Crippen molar-refractivity contribution in [2.24, 2.45) is 0 Å². The number of ether oxygens (including phenoxy) is 3. The van der Waals surface area contributed by atoms with E-state index in [2.05, 4.69) is 26.3 Å². The Labute approximate surface area is 408 Å². The lowest BCUT2D eigenvalue weighted by Crippen LogP contribution is -2.54. The van der Waals surface area contributed by atoms with Gasteiger partial charge in [-0.15, -0.1) is 0 Å². The van der Waals surface area contributed by atoms with Gasteiger partial charge in [0.1, 0.15) is 18.1 Å². The van der Waals surface area contributed by atoms with Crippen molar-refractivity contribution >= 4 is 52.7 Å². The number of furan rings is 1. The molecule has 4 heterocycles. The van der Waals surface area contributed by atoms with Crippen LogP contribution in [0, 0.1) is 0 Å². The summed E-state index contributed by atoms with van der Waals surface area (Å²) < 4.78 is 22.5. The summed E-state index contributed by atoms with van der Waals surface area (Å²) in [7, 11) is 0. The SMILES string of the molecule is O=C1CCC(N2C(=O)c3ccc(NCCOCCOCCOCCNC(=O)[C@H](NC(=O)[C@@H](c4cccnc4)N(C(=O)c4ccco4)c4ccc(-c5ccccc5)cc4)c4ccccc4)cc3C2=O)C(=O)N1. The number of hydrogen-bond acceptors (Lipinski definition) is 13. The topological polar surface area (TPSA) is 228 Å². The van der Waals surface area contributed by atoms with Crippen LogP contribution in [0.4, 0.5) is 11.4 Å². The van der Waals surface area contributed by atoms with E-state index in [9.17, 15) is 33.6 Å². The third-order valence-electron chi connectivity index (χ3n) is 11.7. The van der Waals surface area contributed by atoms with E-state index >= 15 is 0 Å². The van der Waals surface area contributed by atoms with E-state index in [0.29, 0.717) is 48.9 Å². The lowest BCUT2D eigenvalue weighted by molar-refractivity contribution is -0.136. The summed E-state index contributed by atoms with van der Waals surface area (Å²) >= 11 is 0. The van der Waals surface area contributed by atoms with Gasteiger partial charge in [0.25, 0.3) is 17.7 Å². The molecule has 1 saturated heterocycles. The standard InChI is InChI=1S/C53H51N7O11/c61-45-22-21-43(48(62)57-45)60-51(65)41-20-17-39(33-42(41)52(60)66)55-24-27-68-29-31-70-32-30-69-28-25-56-49(63)46(37-11-5-2-6-12-37)58-50(64)47(38-13-7-23-54-34-38)59(53(67)44-14-8-26-71-44)40-18-15-36(16-19-40)35-9-3-1-4-10-35/h1-20,23,26,33-34,43,46-47,55H,21-22,24-25,27-32H2,(H,56,63)(H,58,64)(H,57,61,62)/t43?,46-,47-/m1/s1. The van der Waals surface area contributed by atoms with Crippen LogP contribution in [0.1, 0.15) is 67.3 Å². The number of aromatic nitrogens is 1. The van der Waals surface area contributed by atoms with Crippen LogP contribution in [0.25, 0.3) is 11.1 Å². The van der Waals surface area contributed by atoms with Crippen LogP contribution in [-0.2, 0) is 33.4 Å². The molecule has 0 aliphatic carbocycles. The quantitative estimate of drug-likeness (QED) is 0.0475. The second-order valence-corrected chi connectivity index (χ2v) is 16.4. The van der Waals surface area contributed by atoms with E-state index in [1.54, 1.807) is 79.0 Å². The molecular weight excluding hydrogens is 911 g/mol. The Morgan fingerprint density at radius 1 is 0.704 bits per heavy atom. The molecule has 1 unspecified atom stereocenters. The van der Waals surface area contributed by atoms with Crippen LogP contribution in [0.2, 0.25) is 0 Å². The Morgan fingerprint density at radius 3 is 2.04 bits per heavy atom. The van der Waals surface area contributed by atoms with Crippen molar-refractivity contribution in [2.75, 3.05) is 62.9 Å². The second-order valence-electron chi connectivity index (χ2n) is 16.4. The molecule has 0 bridgehead atoms. The van der Waals surface area contributed by atoms with E-state index in [1.807, 2.05) is 42.5 Å². The number of imide groups is 2. The van der Waals surface area contributed by atoms with Gasteiger partial charge in [0.2, 0.25) is 23.6 Å².